The van der Waals surface area contributed by atoms with E-state index in [0.29, 0.717) is 6.07 Å². The average Bonchev–Trinajstić information content (AvgIpc) is 2.29. The molecule has 0 spiro atoms. The monoisotopic (exact) mass is 291 g/mol. The highest BCUT2D eigenvalue weighted by molar-refractivity contribution is 5.91. The van der Waals surface area contributed by atoms with Gasteiger partial charge in [0.05, 0.1) is 18.1 Å². The van der Waals surface area contributed by atoms with Gasteiger partial charge in [0.15, 0.2) is 0 Å². The summed E-state index contributed by atoms with van der Waals surface area (Å²) >= 11 is 0. The van der Waals surface area contributed by atoms with Gasteiger partial charge in [-0.1, -0.05) is 13.8 Å². The fourth-order valence-electron chi connectivity index (χ4n) is 1.48. The van der Waals surface area contributed by atoms with Gasteiger partial charge in [-0.25, -0.2) is 0 Å². The van der Waals surface area contributed by atoms with E-state index >= 15 is 0 Å². The third kappa shape index (κ3) is 4.41. The van der Waals surface area contributed by atoms with Crippen LogP contribution in [0.1, 0.15) is 25.8 Å². The molecule has 0 heterocycles. The van der Waals surface area contributed by atoms with E-state index in [1.165, 1.54) is 0 Å². The van der Waals surface area contributed by atoms with Crippen molar-refractivity contribution in [2.24, 2.45) is 5.92 Å². The van der Waals surface area contributed by atoms with Crippen molar-refractivity contribution in [1.29, 1.82) is 0 Å². The van der Waals surface area contributed by atoms with Gasteiger partial charge < -0.3 is 15.5 Å². The third-order valence-corrected chi connectivity index (χ3v) is 2.75. The second kappa shape index (κ2) is 6.13. The maximum absolute atomic E-state index is 12.6. The Hall–Kier alpha value is -1.76. The van der Waals surface area contributed by atoms with E-state index < -0.39 is 29.5 Å². The van der Waals surface area contributed by atoms with Crippen molar-refractivity contribution in [2.75, 3.05) is 5.32 Å². The largest absolute Gasteiger partial charge is 0.507 e. The molecule has 1 unspecified atom stereocenters. The van der Waals surface area contributed by atoms with Crippen molar-refractivity contribution >= 4 is 11.6 Å². The van der Waals surface area contributed by atoms with E-state index in [-0.39, 0.29) is 18.0 Å². The van der Waals surface area contributed by atoms with E-state index in [2.05, 4.69) is 5.32 Å². The second-order valence-corrected chi connectivity index (χ2v) is 4.79. The number of alkyl halides is 3. The summed E-state index contributed by atoms with van der Waals surface area (Å²) in [6, 6.07) is 2.66. The first kappa shape index (κ1) is 16.3. The van der Waals surface area contributed by atoms with Gasteiger partial charge in [0, 0.05) is 5.69 Å². The molecule has 112 valence electrons. The van der Waals surface area contributed by atoms with Crippen molar-refractivity contribution in [1.82, 2.24) is 0 Å². The van der Waals surface area contributed by atoms with Gasteiger partial charge in [0.1, 0.15) is 5.75 Å². The Morgan fingerprint density at radius 1 is 1.35 bits per heavy atom. The number of nitrogens with one attached hydrogen (secondary N) is 1. The highest BCUT2D eigenvalue weighted by Crippen LogP contribution is 2.37. The summed E-state index contributed by atoms with van der Waals surface area (Å²) in [7, 11) is 0. The summed E-state index contributed by atoms with van der Waals surface area (Å²) in [5.74, 6) is -1.63. The highest BCUT2D eigenvalue weighted by atomic mass is 19.4. The molecule has 0 radical (unpaired) electrons. The molecular formula is C13H16F3NO3. The number of benzene rings is 1. The number of phenolic OH excluding ortho intramolecular Hbond substituents is 1. The molecule has 0 aliphatic carbocycles. The topological polar surface area (TPSA) is 69.6 Å². The molecule has 1 amide bonds. The van der Waals surface area contributed by atoms with Crippen LogP contribution < -0.4 is 5.32 Å². The minimum atomic E-state index is -4.71. The summed E-state index contributed by atoms with van der Waals surface area (Å²) < 4.78 is 37.7. The number of rotatable bonds is 4. The minimum absolute atomic E-state index is 0.0870. The predicted molar refractivity (Wildman–Crippen MR) is 67.2 cm³/mol. The molecule has 0 aliphatic rings. The zero-order chi connectivity index (χ0) is 15.5. The number of aliphatic hydroxyl groups is 1. The summed E-state index contributed by atoms with van der Waals surface area (Å²) in [5.41, 5.74) is -1.31. The molecule has 0 bridgehead atoms. The lowest BCUT2D eigenvalue weighted by Crippen LogP contribution is -2.23. The SMILES string of the molecule is CC(C)C(O)CC(=O)Nc1ccc(O)c(C(F)(F)F)c1. The van der Waals surface area contributed by atoms with Gasteiger partial charge in [0.25, 0.3) is 0 Å². The lowest BCUT2D eigenvalue weighted by Gasteiger charge is -2.15. The predicted octanol–water partition coefficient (Wildman–Crippen LogP) is 2.76. The molecule has 4 nitrogen and oxygen atoms in total. The number of hydrogen-bond acceptors (Lipinski definition) is 3. The summed E-state index contributed by atoms with van der Waals surface area (Å²) in [5, 5.41) is 20.9. The summed E-state index contributed by atoms with van der Waals surface area (Å²) in [6.07, 6.45) is -5.78. The van der Waals surface area contributed by atoms with Gasteiger partial charge in [-0.05, 0) is 24.1 Å². The lowest BCUT2D eigenvalue weighted by molar-refractivity contribution is -0.138. The van der Waals surface area contributed by atoms with Crippen molar-refractivity contribution in [3.05, 3.63) is 23.8 Å². The number of phenols is 1. The Morgan fingerprint density at radius 2 is 1.95 bits per heavy atom. The van der Waals surface area contributed by atoms with E-state index in [0.717, 1.165) is 12.1 Å². The number of anilines is 1. The molecule has 1 rings (SSSR count). The van der Waals surface area contributed by atoms with E-state index in [1.807, 2.05) is 0 Å². The number of halogens is 3. The molecule has 3 N–H and O–H groups in total. The molecule has 7 heteroatoms. The van der Waals surface area contributed by atoms with Crippen LogP contribution in [-0.2, 0) is 11.0 Å². The molecular weight excluding hydrogens is 275 g/mol. The maximum Gasteiger partial charge on any atom is 0.420 e. The van der Waals surface area contributed by atoms with E-state index in [1.54, 1.807) is 13.8 Å². The number of hydrogen-bond donors (Lipinski definition) is 3. The van der Waals surface area contributed by atoms with E-state index in [4.69, 9.17) is 5.11 Å². The van der Waals surface area contributed by atoms with Gasteiger partial charge in [-0.2, -0.15) is 13.2 Å². The van der Waals surface area contributed by atoms with Crippen LogP contribution in [0.25, 0.3) is 0 Å². The Bertz CT molecular complexity index is 486. The molecule has 20 heavy (non-hydrogen) atoms. The van der Waals surface area contributed by atoms with Crippen molar-refractivity contribution in [2.45, 2.75) is 32.5 Å². The van der Waals surface area contributed by atoms with Crippen LogP contribution in [0.3, 0.4) is 0 Å². The molecule has 0 saturated heterocycles. The Morgan fingerprint density at radius 3 is 2.45 bits per heavy atom. The van der Waals surface area contributed by atoms with Crippen LogP contribution in [0, 0.1) is 5.92 Å². The Balaban J connectivity index is 2.81. The van der Waals surface area contributed by atoms with Crippen molar-refractivity contribution in [3.63, 3.8) is 0 Å². The van der Waals surface area contributed by atoms with Gasteiger partial charge >= 0.3 is 6.18 Å². The van der Waals surface area contributed by atoms with Crippen LogP contribution in [0.2, 0.25) is 0 Å². The van der Waals surface area contributed by atoms with E-state index in [9.17, 15) is 23.1 Å². The average molecular weight is 291 g/mol. The van der Waals surface area contributed by atoms with Crippen LogP contribution >= 0.6 is 0 Å². The Labute approximate surface area is 114 Å². The molecule has 1 atom stereocenters. The third-order valence-electron chi connectivity index (χ3n) is 2.75. The fraction of sp³-hybridized carbons (Fsp3) is 0.462. The number of aromatic hydroxyl groups is 1. The van der Waals surface area contributed by atoms with Gasteiger partial charge in [0.2, 0.25) is 5.91 Å². The highest BCUT2D eigenvalue weighted by Gasteiger charge is 2.34. The zero-order valence-corrected chi connectivity index (χ0v) is 11.0. The first-order valence-electron chi connectivity index (χ1n) is 5.99. The summed E-state index contributed by atoms with van der Waals surface area (Å²) in [6.45, 7) is 3.44. The molecule has 0 aliphatic heterocycles. The molecule has 1 aromatic rings. The van der Waals surface area contributed by atoms with Crippen LogP contribution in [-0.4, -0.2) is 22.2 Å². The first-order valence-corrected chi connectivity index (χ1v) is 5.99. The van der Waals surface area contributed by atoms with Crippen LogP contribution in [0.4, 0.5) is 18.9 Å². The first-order chi connectivity index (χ1) is 9.11. The molecule has 0 saturated carbocycles. The quantitative estimate of drug-likeness (QED) is 0.747. The van der Waals surface area contributed by atoms with Gasteiger partial charge in [-0.3, -0.25) is 4.79 Å². The van der Waals surface area contributed by atoms with Crippen LogP contribution in [0.5, 0.6) is 5.75 Å². The summed E-state index contributed by atoms with van der Waals surface area (Å²) in [4.78, 5) is 11.6. The zero-order valence-electron chi connectivity index (χ0n) is 11.0. The maximum atomic E-state index is 12.6. The smallest absolute Gasteiger partial charge is 0.420 e. The normalized spacial score (nSPS) is 13.3. The molecule has 0 aromatic heterocycles. The minimum Gasteiger partial charge on any atom is -0.507 e. The number of amides is 1. The molecule has 0 fully saturated rings. The number of aliphatic hydroxyl groups excluding tert-OH is 1. The Kier molecular flexibility index (Phi) is 4.99. The second-order valence-electron chi connectivity index (χ2n) is 4.79. The fourth-order valence-corrected chi connectivity index (χ4v) is 1.48. The standard InChI is InChI=1S/C13H16F3NO3/c1-7(2)11(19)6-12(20)17-8-3-4-10(18)9(5-8)13(14,15)16/h3-5,7,11,18-19H,6H2,1-2H3,(H,17,20). The van der Waals surface area contributed by atoms with Gasteiger partial charge in [-0.15, -0.1) is 0 Å². The lowest BCUT2D eigenvalue weighted by atomic mass is 10.0. The van der Waals surface area contributed by atoms with Crippen LogP contribution in [0.15, 0.2) is 18.2 Å². The number of carbonyl (C=O) groups is 1. The molecule has 1 aromatic carbocycles. The van der Waals surface area contributed by atoms with Crippen molar-refractivity contribution < 1.29 is 28.2 Å². The number of carbonyl (C=O) groups excluding carboxylic acids is 1. The van der Waals surface area contributed by atoms with Crippen molar-refractivity contribution in [3.8, 4) is 5.75 Å².